The molecule has 2 aromatic carbocycles. The van der Waals surface area contributed by atoms with Gasteiger partial charge in [-0.05, 0) is 47.4 Å². The van der Waals surface area contributed by atoms with Gasteiger partial charge in [0.2, 0.25) is 5.91 Å². The predicted octanol–water partition coefficient (Wildman–Crippen LogP) is 3.36. The van der Waals surface area contributed by atoms with Crippen LogP contribution in [0.5, 0.6) is 0 Å². The molecule has 0 radical (unpaired) electrons. The molecule has 3 rings (SSSR count). The van der Waals surface area contributed by atoms with Crippen molar-refractivity contribution in [1.29, 1.82) is 0 Å². The molecule has 1 amide bonds. The molecular formula is C17H16BrNO2. The summed E-state index contributed by atoms with van der Waals surface area (Å²) in [6.07, 6.45) is -0.268. The molecule has 1 N–H and O–H groups in total. The number of aryl methyl sites for hydroxylation is 1. The molecule has 108 valence electrons. The Morgan fingerprint density at radius 1 is 1.24 bits per heavy atom. The van der Waals surface area contributed by atoms with Crippen molar-refractivity contribution in [3.8, 4) is 0 Å². The first-order valence-electron chi connectivity index (χ1n) is 6.81. The number of aliphatic hydroxyl groups is 1. The summed E-state index contributed by atoms with van der Waals surface area (Å²) in [6.45, 7) is 1.98. The minimum absolute atomic E-state index is 0.0939. The maximum atomic E-state index is 11.7. The van der Waals surface area contributed by atoms with Gasteiger partial charge in [-0.2, -0.15) is 0 Å². The molecule has 4 heteroatoms. The fourth-order valence-electron chi connectivity index (χ4n) is 2.79. The third kappa shape index (κ3) is 2.49. The van der Waals surface area contributed by atoms with Crippen molar-refractivity contribution in [2.45, 2.75) is 19.4 Å². The number of benzene rings is 2. The number of aliphatic hydroxyl groups excluding tert-OH is 1. The molecule has 0 aliphatic carbocycles. The Labute approximate surface area is 132 Å². The SMILES string of the molecule is Cc1cc(Br)ccc1C(O)c1ccc2c(c1)CC(=O)N2C. The lowest BCUT2D eigenvalue weighted by Crippen LogP contribution is -2.20. The van der Waals surface area contributed by atoms with Gasteiger partial charge in [-0.1, -0.05) is 34.1 Å². The lowest BCUT2D eigenvalue weighted by molar-refractivity contribution is -0.117. The van der Waals surface area contributed by atoms with Crippen LogP contribution in [-0.2, 0) is 11.2 Å². The first kappa shape index (κ1) is 14.3. The first-order valence-corrected chi connectivity index (χ1v) is 7.60. The van der Waals surface area contributed by atoms with Crippen molar-refractivity contribution in [2.75, 3.05) is 11.9 Å². The van der Waals surface area contributed by atoms with E-state index < -0.39 is 6.10 Å². The molecule has 0 bridgehead atoms. The molecule has 3 nitrogen and oxygen atoms in total. The first-order chi connectivity index (χ1) is 9.97. The van der Waals surface area contributed by atoms with Gasteiger partial charge in [0, 0.05) is 17.2 Å². The molecule has 1 aliphatic rings. The van der Waals surface area contributed by atoms with Crippen LogP contribution in [0.25, 0.3) is 0 Å². The largest absolute Gasteiger partial charge is 0.384 e. The second-order valence-corrected chi connectivity index (χ2v) is 6.34. The molecular weight excluding hydrogens is 330 g/mol. The molecule has 1 aliphatic heterocycles. The molecule has 2 aromatic rings. The van der Waals surface area contributed by atoms with Gasteiger partial charge in [0.1, 0.15) is 6.10 Å². The normalized spacial score (nSPS) is 15.2. The minimum atomic E-state index is -0.676. The Hall–Kier alpha value is -1.65. The Morgan fingerprint density at radius 3 is 2.71 bits per heavy atom. The quantitative estimate of drug-likeness (QED) is 0.906. The molecule has 0 saturated heterocycles. The molecule has 0 fully saturated rings. The number of fused-ring (bicyclic) bond motifs is 1. The van der Waals surface area contributed by atoms with Crippen molar-refractivity contribution >= 4 is 27.5 Å². The van der Waals surface area contributed by atoms with E-state index in [1.54, 1.807) is 11.9 Å². The van der Waals surface area contributed by atoms with Gasteiger partial charge in [-0.3, -0.25) is 4.79 Å². The van der Waals surface area contributed by atoms with Crippen LogP contribution in [-0.4, -0.2) is 18.1 Å². The number of anilines is 1. The third-order valence-electron chi connectivity index (χ3n) is 4.02. The van der Waals surface area contributed by atoms with Gasteiger partial charge in [-0.15, -0.1) is 0 Å². The highest BCUT2D eigenvalue weighted by atomic mass is 79.9. The Kier molecular flexibility index (Phi) is 3.59. The average Bonchev–Trinajstić information content (AvgIpc) is 2.73. The number of amides is 1. The molecule has 0 spiro atoms. The maximum Gasteiger partial charge on any atom is 0.231 e. The third-order valence-corrected chi connectivity index (χ3v) is 4.52. The second kappa shape index (κ2) is 5.28. The zero-order chi connectivity index (χ0) is 15.1. The van der Waals surface area contributed by atoms with E-state index in [2.05, 4.69) is 15.9 Å². The monoisotopic (exact) mass is 345 g/mol. The summed E-state index contributed by atoms with van der Waals surface area (Å²) in [7, 11) is 1.78. The van der Waals surface area contributed by atoms with Gasteiger partial charge in [0.15, 0.2) is 0 Å². The second-order valence-electron chi connectivity index (χ2n) is 5.42. The van der Waals surface area contributed by atoms with E-state index in [4.69, 9.17) is 0 Å². The van der Waals surface area contributed by atoms with Crippen molar-refractivity contribution in [2.24, 2.45) is 0 Å². The topological polar surface area (TPSA) is 40.5 Å². The van der Waals surface area contributed by atoms with Crippen LogP contribution in [0.1, 0.15) is 28.4 Å². The molecule has 0 aromatic heterocycles. The van der Waals surface area contributed by atoms with Crippen molar-refractivity contribution in [1.82, 2.24) is 0 Å². The molecule has 21 heavy (non-hydrogen) atoms. The van der Waals surface area contributed by atoms with Gasteiger partial charge in [0.25, 0.3) is 0 Å². The zero-order valence-corrected chi connectivity index (χ0v) is 13.5. The highest BCUT2D eigenvalue weighted by Gasteiger charge is 2.25. The predicted molar refractivity (Wildman–Crippen MR) is 86.5 cm³/mol. The average molecular weight is 346 g/mol. The van der Waals surface area contributed by atoms with E-state index in [1.165, 1.54) is 0 Å². The van der Waals surface area contributed by atoms with E-state index in [0.717, 1.165) is 32.4 Å². The molecule has 1 unspecified atom stereocenters. The number of nitrogens with zero attached hydrogens (tertiary/aromatic N) is 1. The van der Waals surface area contributed by atoms with Crippen molar-refractivity contribution in [3.05, 3.63) is 63.1 Å². The van der Waals surface area contributed by atoms with Crippen LogP contribution in [0.4, 0.5) is 5.69 Å². The van der Waals surface area contributed by atoms with E-state index in [9.17, 15) is 9.90 Å². The zero-order valence-electron chi connectivity index (χ0n) is 11.9. The number of rotatable bonds is 2. The van der Waals surface area contributed by atoms with Crippen LogP contribution in [0.15, 0.2) is 40.9 Å². The fourth-order valence-corrected chi connectivity index (χ4v) is 3.26. The number of hydrogen-bond acceptors (Lipinski definition) is 2. The maximum absolute atomic E-state index is 11.7. The Morgan fingerprint density at radius 2 is 2.00 bits per heavy atom. The van der Waals surface area contributed by atoms with Gasteiger partial charge >= 0.3 is 0 Å². The van der Waals surface area contributed by atoms with Crippen LogP contribution >= 0.6 is 15.9 Å². The summed E-state index contributed by atoms with van der Waals surface area (Å²) < 4.78 is 0.997. The number of hydrogen-bond donors (Lipinski definition) is 1. The molecule has 0 saturated carbocycles. The summed E-state index contributed by atoms with van der Waals surface area (Å²) in [5.74, 6) is 0.0939. The smallest absolute Gasteiger partial charge is 0.231 e. The number of likely N-dealkylation sites (N-methyl/N-ethyl adjacent to an activating group) is 1. The number of halogens is 1. The summed E-state index contributed by atoms with van der Waals surface area (Å²) in [4.78, 5) is 13.4. The van der Waals surface area contributed by atoms with Crippen LogP contribution < -0.4 is 4.90 Å². The summed E-state index contributed by atoms with van der Waals surface area (Å²) in [6, 6.07) is 11.6. The number of carbonyl (C=O) groups is 1. The summed E-state index contributed by atoms with van der Waals surface area (Å²) >= 11 is 3.43. The van der Waals surface area contributed by atoms with E-state index in [1.807, 2.05) is 43.3 Å². The van der Waals surface area contributed by atoms with E-state index in [-0.39, 0.29) is 5.91 Å². The Balaban J connectivity index is 1.98. The minimum Gasteiger partial charge on any atom is -0.384 e. The summed E-state index contributed by atoms with van der Waals surface area (Å²) in [5.41, 5.74) is 4.65. The molecule has 1 heterocycles. The van der Waals surface area contributed by atoms with Gasteiger partial charge < -0.3 is 10.0 Å². The van der Waals surface area contributed by atoms with Crippen LogP contribution in [0.2, 0.25) is 0 Å². The van der Waals surface area contributed by atoms with Gasteiger partial charge in [-0.25, -0.2) is 0 Å². The highest BCUT2D eigenvalue weighted by Crippen LogP contribution is 2.33. The van der Waals surface area contributed by atoms with E-state index in [0.29, 0.717) is 6.42 Å². The van der Waals surface area contributed by atoms with Crippen molar-refractivity contribution < 1.29 is 9.90 Å². The lowest BCUT2D eigenvalue weighted by atomic mass is 9.96. The van der Waals surface area contributed by atoms with Crippen molar-refractivity contribution in [3.63, 3.8) is 0 Å². The number of carbonyl (C=O) groups excluding carboxylic acids is 1. The molecule has 1 atom stereocenters. The summed E-state index contributed by atoms with van der Waals surface area (Å²) in [5, 5.41) is 10.6. The Bertz CT molecular complexity index is 727. The standard InChI is InChI=1S/C17H16BrNO2/c1-10-7-13(18)4-5-14(10)17(21)11-3-6-15-12(8-11)9-16(20)19(15)2/h3-8,17,21H,9H2,1-2H3. The highest BCUT2D eigenvalue weighted by molar-refractivity contribution is 9.10. The van der Waals surface area contributed by atoms with Crippen LogP contribution in [0, 0.1) is 6.92 Å². The van der Waals surface area contributed by atoms with Gasteiger partial charge in [0.05, 0.1) is 6.42 Å². The lowest BCUT2D eigenvalue weighted by Gasteiger charge is -2.16. The van der Waals surface area contributed by atoms with E-state index >= 15 is 0 Å². The van der Waals surface area contributed by atoms with Crippen LogP contribution in [0.3, 0.4) is 0 Å². The fraction of sp³-hybridized carbons (Fsp3) is 0.235.